The van der Waals surface area contributed by atoms with Crippen molar-refractivity contribution >= 4 is 18.6 Å². The van der Waals surface area contributed by atoms with E-state index in [-0.39, 0.29) is 11.9 Å². The summed E-state index contributed by atoms with van der Waals surface area (Å²) in [6.45, 7) is 0. The molecule has 1 aromatic carbocycles. The number of thiol groups is 1. The zero-order valence-electron chi connectivity index (χ0n) is 14.5. The van der Waals surface area contributed by atoms with Crippen molar-refractivity contribution in [1.82, 2.24) is 9.13 Å². The highest BCUT2D eigenvalue weighted by atomic mass is 32.1. The second-order valence-corrected chi connectivity index (χ2v) is 7.30. The normalized spacial score (nSPS) is 17.7. The Bertz CT molecular complexity index is 822. The first-order valence-corrected chi connectivity index (χ1v) is 9.54. The van der Waals surface area contributed by atoms with Gasteiger partial charge in [0.15, 0.2) is 0 Å². The van der Waals surface area contributed by atoms with Gasteiger partial charge < -0.3 is 10.2 Å². The number of hydrogen-bond donors (Lipinski definition) is 3. The van der Waals surface area contributed by atoms with Gasteiger partial charge in [0.25, 0.3) is 0 Å². The number of aliphatic carboxylic acids is 1. The lowest BCUT2D eigenvalue weighted by Gasteiger charge is -2.33. The summed E-state index contributed by atoms with van der Waals surface area (Å²) in [6.07, 6.45) is 5.08. The Balaban J connectivity index is 2.01. The zero-order chi connectivity index (χ0) is 18.7. The number of benzene rings is 1. The fourth-order valence-corrected chi connectivity index (χ4v) is 4.21. The quantitative estimate of drug-likeness (QED) is 0.677. The van der Waals surface area contributed by atoms with E-state index in [0.717, 1.165) is 24.8 Å². The van der Waals surface area contributed by atoms with Gasteiger partial charge in [-0.3, -0.25) is 9.13 Å². The molecular weight excluding hydrogens is 352 g/mol. The van der Waals surface area contributed by atoms with Crippen molar-refractivity contribution in [3.05, 3.63) is 52.6 Å². The van der Waals surface area contributed by atoms with E-state index in [1.165, 1.54) is 15.3 Å². The van der Waals surface area contributed by atoms with Crippen molar-refractivity contribution in [3.8, 4) is 5.88 Å². The molecule has 1 heterocycles. The van der Waals surface area contributed by atoms with E-state index < -0.39 is 17.2 Å². The van der Waals surface area contributed by atoms with E-state index in [9.17, 15) is 19.8 Å². The van der Waals surface area contributed by atoms with Crippen LogP contribution in [0.2, 0.25) is 0 Å². The van der Waals surface area contributed by atoms with E-state index in [1.807, 2.05) is 30.3 Å². The van der Waals surface area contributed by atoms with Gasteiger partial charge in [0, 0.05) is 5.75 Å². The van der Waals surface area contributed by atoms with Crippen LogP contribution in [0.3, 0.4) is 0 Å². The van der Waals surface area contributed by atoms with E-state index in [0.29, 0.717) is 25.0 Å². The largest absolute Gasteiger partial charge is 0.493 e. The Morgan fingerprint density at radius 3 is 2.42 bits per heavy atom. The monoisotopic (exact) mass is 376 g/mol. The van der Waals surface area contributed by atoms with Crippen molar-refractivity contribution in [2.45, 2.75) is 50.1 Å². The molecule has 1 aliphatic rings. The van der Waals surface area contributed by atoms with Crippen LogP contribution in [0.4, 0.5) is 0 Å². The lowest BCUT2D eigenvalue weighted by Crippen LogP contribution is -2.49. The average molecular weight is 376 g/mol. The van der Waals surface area contributed by atoms with E-state index in [2.05, 4.69) is 12.6 Å². The third-order valence-corrected chi connectivity index (χ3v) is 5.76. The number of aromatic nitrogens is 2. The molecule has 1 aliphatic carbocycles. The van der Waals surface area contributed by atoms with Gasteiger partial charge in [-0.2, -0.15) is 12.6 Å². The molecule has 2 aromatic rings. The summed E-state index contributed by atoms with van der Waals surface area (Å²) in [5, 5.41) is 20.3. The number of imidazole rings is 1. The van der Waals surface area contributed by atoms with Crippen LogP contribution >= 0.6 is 12.6 Å². The van der Waals surface area contributed by atoms with Crippen LogP contribution in [0.1, 0.15) is 43.7 Å². The van der Waals surface area contributed by atoms with Crippen molar-refractivity contribution in [2.24, 2.45) is 0 Å². The molecule has 1 aromatic heterocycles. The molecule has 3 rings (SSSR count). The van der Waals surface area contributed by atoms with E-state index in [1.54, 1.807) is 0 Å². The Kier molecular flexibility index (Phi) is 5.46. The Labute approximate surface area is 157 Å². The number of carboxylic acid groups (broad SMARTS) is 1. The molecule has 1 fully saturated rings. The first kappa shape index (κ1) is 18.6. The molecule has 0 aliphatic heterocycles. The van der Waals surface area contributed by atoms with Crippen LogP contribution in [0.15, 0.2) is 41.3 Å². The summed E-state index contributed by atoms with van der Waals surface area (Å²) < 4.78 is 2.50. The third kappa shape index (κ3) is 3.28. The maximum atomic E-state index is 13.1. The van der Waals surface area contributed by atoms with Crippen LogP contribution in [0.5, 0.6) is 5.88 Å². The summed E-state index contributed by atoms with van der Waals surface area (Å²) in [6, 6.07) is 9.30. The van der Waals surface area contributed by atoms with E-state index in [4.69, 9.17) is 0 Å². The standard InChI is InChI=1S/C19H24N2O4S/c22-16-12-20(19(17(23)24)9-5-2-6-10-19)18(25)21(16)15(13-26)11-14-7-3-1-4-8-14/h1,3-4,7-8,12,15,22,26H,2,5-6,9-11,13H2,(H,23,24). The van der Waals surface area contributed by atoms with Gasteiger partial charge in [0.1, 0.15) is 5.54 Å². The number of hydrogen-bond acceptors (Lipinski definition) is 4. The lowest BCUT2D eigenvalue weighted by molar-refractivity contribution is -0.149. The molecule has 0 bridgehead atoms. The predicted molar refractivity (Wildman–Crippen MR) is 102 cm³/mol. The summed E-state index contributed by atoms with van der Waals surface area (Å²) in [5.74, 6) is -0.870. The Hall–Kier alpha value is -2.15. The molecule has 6 nitrogen and oxygen atoms in total. The SMILES string of the molecule is O=C(O)C1(n2cc(O)n(C(CS)Cc3ccccc3)c2=O)CCCCC1. The molecular formula is C19H24N2O4S. The van der Waals surface area contributed by atoms with Crippen molar-refractivity contribution < 1.29 is 15.0 Å². The summed E-state index contributed by atoms with van der Waals surface area (Å²) >= 11 is 4.35. The van der Waals surface area contributed by atoms with Crippen LogP contribution in [-0.4, -0.2) is 31.1 Å². The lowest BCUT2D eigenvalue weighted by atomic mass is 9.81. The van der Waals surface area contributed by atoms with Crippen molar-refractivity contribution in [1.29, 1.82) is 0 Å². The molecule has 0 spiro atoms. The second kappa shape index (κ2) is 7.61. The number of aromatic hydroxyl groups is 1. The highest BCUT2D eigenvalue weighted by molar-refractivity contribution is 7.80. The number of rotatable bonds is 6. The van der Waals surface area contributed by atoms with Gasteiger partial charge >= 0.3 is 11.7 Å². The van der Waals surface area contributed by atoms with Crippen LogP contribution in [-0.2, 0) is 16.8 Å². The van der Waals surface area contributed by atoms with Crippen LogP contribution in [0.25, 0.3) is 0 Å². The highest BCUT2D eigenvalue weighted by Crippen LogP contribution is 2.35. The minimum atomic E-state index is -1.27. The molecule has 2 N–H and O–H groups in total. The van der Waals surface area contributed by atoms with Gasteiger partial charge in [-0.15, -0.1) is 0 Å². The number of carboxylic acids is 1. The maximum absolute atomic E-state index is 13.1. The molecule has 0 saturated heterocycles. The van der Waals surface area contributed by atoms with Gasteiger partial charge in [-0.05, 0) is 24.8 Å². The smallest absolute Gasteiger partial charge is 0.332 e. The minimum absolute atomic E-state index is 0.212. The molecule has 1 atom stereocenters. The number of nitrogens with zero attached hydrogens (tertiary/aromatic N) is 2. The first-order valence-electron chi connectivity index (χ1n) is 8.91. The van der Waals surface area contributed by atoms with Crippen molar-refractivity contribution in [3.63, 3.8) is 0 Å². The molecule has 1 saturated carbocycles. The Morgan fingerprint density at radius 1 is 1.19 bits per heavy atom. The van der Waals surface area contributed by atoms with Gasteiger partial charge in [0.2, 0.25) is 5.88 Å². The van der Waals surface area contributed by atoms with Gasteiger partial charge in [0.05, 0.1) is 12.2 Å². The summed E-state index contributed by atoms with van der Waals surface area (Å²) in [5.41, 5.74) is -0.732. The topological polar surface area (TPSA) is 84.5 Å². The summed E-state index contributed by atoms with van der Waals surface area (Å²) in [4.78, 5) is 25.1. The van der Waals surface area contributed by atoms with Crippen molar-refractivity contribution in [2.75, 3.05) is 5.75 Å². The third-order valence-electron chi connectivity index (χ3n) is 5.33. The van der Waals surface area contributed by atoms with Gasteiger partial charge in [-0.25, -0.2) is 9.59 Å². The molecule has 26 heavy (non-hydrogen) atoms. The maximum Gasteiger partial charge on any atom is 0.332 e. The second-order valence-electron chi connectivity index (χ2n) is 6.93. The minimum Gasteiger partial charge on any atom is -0.493 e. The fraction of sp³-hybridized carbons (Fsp3) is 0.474. The molecule has 1 unspecified atom stereocenters. The molecule has 140 valence electrons. The Morgan fingerprint density at radius 2 is 1.85 bits per heavy atom. The summed E-state index contributed by atoms with van der Waals surface area (Å²) in [7, 11) is 0. The first-order chi connectivity index (χ1) is 12.5. The van der Waals surface area contributed by atoms with E-state index >= 15 is 0 Å². The zero-order valence-corrected chi connectivity index (χ0v) is 15.4. The predicted octanol–water partition coefficient (Wildman–Crippen LogP) is 2.81. The van der Waals surface area contributed by atoms with Gasteiger partial charge in [-0.1, -0.05) is 49.6 Å². The highest BCUT2D eigenvalue weighted by Gasteiger charge is 2.43. The molecule has 0 amide bonds. The van der Waals surface area contributed by atoms with Crippen LogP contribution < -0.4 is 5.69 Å². The fourth-order valence-electron chi connectivity index (χ4n) is 3.91. The molecule has 0 radical (unpaired) electrons. The van der Waals surface area contributed by atoms with Crippen LogP contribution in [0, 0.1) is 0 Å². The average Bonchev–Trinajstić information content (AvgIpc) is 2.96. The molecule has 7 heteroatoms. The number of carbonyl (C=O) groups is 1.